The SMILES string of the molecule is O=C(Cn1ccc2ccccc21)NNC(=S)NC(=O)c1cccc(Cl)c1. The smallest absolute Gasteiger partial charge is 0.258 e. The molecular formula is C18H15ClN4O2S. The highest BCUT2D eigenvalue weighted by molar-refractivity contribution is 7.80. The van der Waals surface area contributed by atoms with Crippen molar-refractivity contribution < 1.29 is 9.59 Å². The number of rotatable bonds is 3. The fourth-order valence-corrected chi connectivity index (χ4v) is 2.77. The Hall–Kier alpha value is -2.90. The molecule has 132 valence electrons. The van der Waals surface area contributed by atoms with Crippen molar-refractivity contribution in [3.05, 3.63) is 71.4 Å². The van der Waals surface area contributed by atoms with Crippen LogP contribution in [0.2, 0.25) is 5.02 Å². The third kappa shape index (κ3) is 4.38. The maximum Gasteiger partial charge on any atom is 0.258 e. The largest absolute Gasteiger partial charge is 0.338 e. The number of nitrogens with zero attached hydrogens (tertiary/aromatic N) is 1. The zero-order valence-electron chi connectivity index (χ0n) is 13.5. The zero-order chi connectivity index (χ0) is 18.5. The van der Waals surface area contributed by atoms with E-state index in [1.165, 1.54) is 6.07 Å². The van der Waals surface area contributed by atoms with Crippen LogP contribution >= 0.6 is 23.8 Å². The molecule has 0 aliphatic rings. The van der Waals surface area contributed by atoms with Crippen LogP contribution in [-0.4, -0.2) is 21.5 Å². The van der Waals surface area contributed by atoms with Crippen molar-refractivity contribution in [2.24, 2.45) is 0 Å². The predicted molar refractivity (Wildman–Crippen MR) is 105 cm³/mol. The number of para-hydroxylation sites is 1. The van der Waals surface area contributed by atoms with Crippen molar-refractivity contribution in [3.8, 4) is 0 Å². The molecule has 0 unspecified atom stereocenters. The van der Waals surface area contributed by atoms with Gasteiger partial charge in [0.05, 0.1) is 0 Å². The molecule has 0 aliphatic heterocycles. The average molecular weight is 387 g/mol. The van der Waals surface area contributed by atoms with Crippen LogP contribution in [0.3, 0.4) is 0 Å². The summed E-state index contributed by atoms with van der Waals surface area (Å²) in [5, 5.41) is 3.96. The first-order valence-electron chi connectivity index (χ1n) is 7.72. The number of hydrogen-bond donors (Lipinski definition) is 3. The summed E-state index contributed by atoms with van der Waals surface area (Å²) in [4.78, 5) is 24.1. The number of halogens is 1. The molecule has 3 rings (SSSR count). The van der Waals surface area contributed by atoms with E-state index in [0.717, 1.165) is 10.9 Å². The molecule has 1 heterocycles. The van der Waals surface area contributed by atoms with Gasteiger partial charge in [-0.15, -0.1) is 0 Å². The first-order chi connectivity index (χ1) is 12.5. The van der Waals surface area contributed by atoms with E-state index in [-0.39, 0.29) is 17.6 Å². The van der Waals surface area contributed by atoms with Crippen molar-refractivity contribution in [2.45, 2.75) is 6.54 Å². The molecule has 3 aromatic rings. The van der Waals surface area contributed by atoms with E-state index >= 15 is 0 Å². The summed E-state index contributed by atoms with van der Waals surface area (Å²) < 4.78 is 1.82. The lowest BCUT2D eigenvalue weighted by molar-refractivity contribution is -0.122. The second-order valence-electron chi connectivity index (χ2n) is 5.47. The molecule has 26 heavy (non-hydrogen) atoms. The van der Waals surface area contributed by atoms with Crippen molar-refractivity contribution >= 4 is 51.6 Å². The van der Waals surface area contributed by atoms with Crippen LogP contribution in [0.4, 0.5) is 0 Å². The van der Waals surface area contributed by atoms with E-state index in [0.29, 0.717) is 10.6 Å². The van der Waals surface area contributed by atoms with Gasteiger partial charge in [-0.05, 0) is 47.9 Å². The number of amides is 2. The third-order valence-corrected chi connectivity index (χ3v) is 4.06. The van der Waals surface area contributed by atoms with Crippen LogP contribution in [0.1, 0.15) is 10.4 Å². The first-order valence-corrected chi connectivity index (χ1v) is 8.51. The molecule has 6 nitrogen and oxygen atoms in total. The van der Waals surface area contributed by atoms with E-state index in [2.05, 4.69) is 16.2 Å². The number of hydrogen-bond acceptors (Lipinski definition) is 3. The summed E-state index contributed by atoms with van der Waals surface area (Å²) in [6.45, 7) is 0.116. The Kier molecular flexibility index (Phi) is 5.50. The quantitative estimate of drug-likeness (QED) is 0.478. The van der Waals surface area contributed by atoms with Crippen molar-refractivity contribution in [1.29, 1.82) is 0 Å². The summed E-state index contributed by atoms with van der Waals surface area (Å²) >= 11 is 10.9. The van der Waals surface area contributed by atoms with Gasteiger partial charge in [0.15, 0.2) is 5.11 Å². The number of aromatic nitrogens is 1. The fraction of sp³-hybridized carbons (Fsp3) is 0.0556. The normalized spacial score (nSPS) is 10.3. The van der Waals surface area contributed by atoms with Gasteiger partial charge in [0.25, 0.3) is 11.8 Å². The molecule has 2 amide bonds. The highest BCUT2D eigenvalue weighted by atomic mass is 35.5. The summed E-state index contributed by atoms with van der Waals surface area (Å²) in [5.74, 6) is -0.721. The maximum absolute atomic E-state index is 12.1. The van der Waals surface area contributed by atoms with Gasteiger partial charge in [0.2, 0.25) is 0 Å². The summed E-state index contributed by atoms with van der Waals surface area (Å²) in [6.07, 6.45) is 1.84. The molecule has 0 saturated carbocycles. The van der Waals surface area contributed by atoms with Gasteiger partial charge < -0.3 is 4.57 Å². The average Bonchev–Trinajstić information content (AvgIpc) is 3.03. The highest BCUT2D eigenvalue weighted by Crippen LogP contribution is 2.14. The number of carbonyl (C=O) groups excluding carboxylic acids is 2. The molecule has 1 aromatic heterocycles. The molecule has 0 bridgehead atoms. The van der Waals surface area contributed by atoms with Gasteiger partial charge >= 0.3 is 0 Å². The monoisotopic (exact) mass is 386 g/mol. The lowest BCUT2D eigenvalue weighted by Gasteiger charge is -2.11. The number of benzene rings is 2. The Morgan fingerprint density at radius 2 is 1.85 bits per heavy atom. The molecule has 0 aliphatic carbocycles. The van der Waals surface area contributed by atoms with Crippen molar-refractivity contribution in [2.75, 3.05) is 0 Å². The maximum atomic E-state index is 12.1. The third-order valence-electron chi connectivity index (χ3n) is 3.62. The van der Waals surface area contributed by atoms with Crippen LogP contribution in [0, 0.1) is 0 Å². The van der Waals surface area contributed by atoms with Gasteiger partial charge in [0.1, 0.15) is 6.54 Å². The summed E-state index contributed by atoms with van der Waals surface area (Å²) in [6, 6.07) is 16.2. The Morgan fingerprint density at radius 3 is 2.65 bits per heavy atom. The van der Waals surface area contributed by atoms with Crippen molar-refractivity contribution in [3.63, 3.8) is 0 Å². The zero-order valence-corrected chi connectivity index (χ0v) is 15.1. The molecular weight excluding hydrogens is 372 g/mol. The number of thiocarbonyl (C=S) groups is 1. The van der Waals surface area contributed by atoms with Gasteiger partial charge in [0, 0.05) is 22.3 Å². The Bertz CT molecular complexity index is 986. The lowest BCUT2D eigenvalue weighted by atomic mass is 10.2. The molecule has 0 atom stereocenters. The van der Waals surface area contributed by atoms with Gasteiger partial charge in [-0.2, -0.15) is 0 Å². The summed E-state index contributed by atoms with van der Waals surface area (Å²) in [7, 11) is 0. The Labute approximate surface area is 160 Å². The highest BCUT2D eigenvalue weighted by Gasteiger charge is 2.10. The molecule has 0 saturated heterocycles. The van der Waals surface area contributed by atoms with Crippen LogP contribution < -0.4 is 16.2 Å². The molecule has 0 radical (unpaired) electrons. The minimum Gasteiger partial charge on any atom is -0.338 e. The van der Waals surface area contributed by atoms with Crippen LogP contribution in [-0.2, 0) is 11.3 Å². The van der Waals surface area contributed by atoms with Crippen molar-refractivity contribution in [1.82, 2.24) is 20.7 Å². The first kappa shape index (κ1) is 17.9. The van der Waals surface area contributed by atoms with E-state index in [9.17, 15) is 9.59 Å². The molecule has 0 spiro atoms. The lowest BCUT2D eigenvalue weighted by Crippen LogP contribution is -2.49. The van der Waals surface area contributed by atoms with E-state index in [1.54, 1.807) is 18.2 Å². The minimum absolute atomic E-state index is 0.0133. The minimum atomic E-state index is -0.421. The number of fused-ring (bicyclic) bond motifs is 1. The topological polar surface area (TPSA) is 75.2 Å². The molecule has 2 aromatic carbocycles. The number of hydrazine groups is 1. The fourth-order valence-electron chi connectivity index (χ4n) is 2.44. The Morgan fingerprint density at radius 1 is 1.04 bits per heavy atom. The van der Waals surface area contributed by atoms with E-state index in [4.69, 9.17) is 23.8 Å². The van der Waals surface area contributed by atoms with Crippen LogP contribution in [0.5, 0.6) is 0 Å². The standard InChI is InChI=1S/C18H15ClN4O2S/c19-14-6-3-5-13(10-14)17(25)20-18(26)22-21-16(24)11-23-9-8-12-4-1-2-7-15(12)23/h1-10H,11H2,(H,21,24)(H2,20,22,25,26). The molecule has 8 heteroatoms. The van der Waals surface area contributed by atoms with E-state index in [1.807, 2.05) is 41.1 Å². The van der Waals surface area contributed by atoms with Crippen LogP contribution in [0.15, 0.2) is 60.8 Å². The van der Waals surface area contributed by atoms with Gasteiger partial charge in [-0.1, -0.05) is 35.9 Å². The second kappa shape index (κ2) is 7.99. The Balaban J connectivity index is 1.51. The number of nitrogens with one attached hydrogen (secondary N) is 3. The molecule has 0 fully saturated rings. The van der Waals surface area contributed by atoms with E-state index < -0.39 is 5.91 Å². The second-order valence-corrected chi connectivity index (χ2v) is 6.31. The van der Waals surface area contributed by atoms with Gasteiger partial charge in [-0.25, -0.2) is 0 Å². The molecule has 3 N–H and O–H groups in total. The van der Waals surface area contributed by atoms with Gasteiger partial charge in [-0.3, -0.25) is 25.8 Å². The summed E-state index contributed by atoms with van der Waals surface area (Å²) in [5.41, 5.74) is 6.30. The van der Waals surface area contributed by atoms with Crippen LogP contribution in [0.25, 0.3) is 10.9 Å². The number of carbonyl (C=O) groups is 2. The predicted octanol–water partition coefficient (Wildman–Crippen LogP) is 2.63.